The number of hydrogen-bond donors (Lipinski definition) is 3. The third kappa shape index (κ3) is 6.61. The molecule has 0 aliphatic heterocycles. The number of halogens is 1. The molecule has 0 radical (unpaired) electrons. The Morgan fingerprint density at radius 2 is 1.67 bits per heavy atom. The van der Waals surface area contributed by atoms with E-state index in [1.165, 1.54) is 31.2 Å². The predicted octanol–water partition coefficient (Wildman–Crippen LogP) is 3.81. The second-order valence-corrected chi connectivity index (χ2v) is 10.3. The van der Waals surface area contributed by atoms with Gasteiger partial charge in [0.05, 0.1) is 10.9 Å². The van der Waals surface area contributed by atoms with Crippen LogP contribution < -0.4 is 15.4 Å². The van der Waals surface area contributed by atoms with Crippen molar-refractivity contribution in [2.75, 3.05) is 5.32 Å². The molecule has 0 heterocycles. The smallest absolute Gasteiger partial charge is 0.240 e. The van der Waals surface area contributed by atoms with E-state index in [9.17, 15) is 22.4 Å². The van der Waals surface area contributed by atoms with E-state index in [-0.39, 0.29) is 40.5 Å². The molecule has 2 aromatic carbocycles. The number of carbonyl (C=O) groups is 2. The van der Waals surface area contributed by atoms with Gasteiger partial charge in [0.15, 0.2) is 0 Å². The molecule has 1 atom stereocenters. The molecule has 1 aliphatic rings. The molecule has 0 aromatic heterocycles. The number of amides is 2. The van der Waals surface area contributed by atoms with Crippen molar-refractivity contribution in [2.24, 2.45) is 5.92 Å². The summed E-state index contributed by atoms with van der Waals surface area (Å²) in [5.41, 5.74) is 2.05. The molecule has 3 rings (SSSR count). The third-order valence-electron chi connectivity index (χ3n) is 5.97. The first-order valence-electron chi connectivity index (χ1n) is 11.0. The monoisotopic (exact) mass is 475 g/mol. The van der Waals surface area contributed by atoms with Crippen LogP contribution in [-0.4, -0.2) is 26.3 Å². The highest BCUT2D eigenvalue weighted by Crippen LogP contribution is 2.27. The molecule has 2 aromatic rings. The van der Waals surface area contributed by atoms with Crippen molar-refractivity contribution in [2.45, 2.75) is 63.4 Å². The molecular formula is C24H30FN3O4S. The fraction of sp³-hybridized carbons (Fsp3) is 0.417. The molecule has 1 unspecified atom stereocenters. The highest BCUT2D eigenvalue weighted by atomic mass is 32.2. The Kier molecular flexibility index (Phi) is 7.86. The van der Waals surface area contributed by atoms with Crippen LogP contribution in [0.4, 0.5) is 10.1 Å². The van der Waals surface area contributed by atoms with Crippen molar-refractivity contribution in [1.29, 1.82) is 0 Å². The predicted molar refractivity (Wildman–Crippen MR) is 125 cm³/mol. The Balaban J connectivity index is 1.54. The van der Waals surface area contributed by atoms with Gasteiger partial charge in [0.25, 0.3) is 0 Å². The van der Waals surface area contributed by atoms with E-state index >= 15 is 0 Å². The van der Waals surface area contributed by atoms with Crippen molar-refractivity contribution in [3.63, 3.8) is 0 Å². The molecule has 9 heteroatoms. The van der Waals surface area contributed by atoms with Crippen LogP contribution in [0, 0.1) is 18.7 Å². The minimum Gasteiger partial charge on any atom is -0.349 e. The summed E-state index contributed by atoms with van der Waals surface area (Å²) in [6.45, 7) is 4.98. The van der Waals surface area contributed by atoms with Gasteiger partial charge in [-0.2, -0.15) is 0 Å². The van der Waals surface area contributed by atoms with Crippen molar-refractivity contribution < 1.29 is 22.4 Å². The van der Waals surface area contributed by atoms with Gasteiger partial charge in [-0.1, -0.05) is 12.1 Å². The topological polar surface area (TPSA) is 104 Å². The Bertz CT molecular complexity index is 1110. The van der Waals surface area contributed by atoms with E-state index in [1.54, 1.807) is 25.1 Å². The number of sulfonamides is 1. The normalized spacial score (nSPS) is 19.5. The van der Waals surface area contributed by atoms with Gasteiger partial charge in [0, 0.05) is 24.6 Å². The number of benzene rings is 2. The summed E-state index contributed by atoms with van der Waals surface area (Å²) >= 11 is 0. The number of nitrogens with one attached hydrogen (secondary N) is 3. The van der Waals surface area contributed by atoms with Gasteiger partial charge in [0.2, 0.25) is 21.8 Å². The van der Waals surface area contributed by atoms with Crippen molar-refractivity contribution >= 4 is 27.5 Å². The summed E-state index contributed by atoms with van der Waals surface area (Å²) < 4.78 is 41.5. The van der Waals surface area contributed by atoms with Gasteiger partial charge < -0.3 is 10.6 Å². The molecule has 0 saturated heterocycles. The van der Waals surface area contributed by atoms with Gasteiger partial charge in [0.1, 0.15) is 5.82 Å². The van der Waals surface area contributed by atoms with E-state index in [0.29, 0.717) is 36.9 Å². The van der Waals surface area contributed by atoms with Gasteiger partial charge in [-0.3, -0.25) is 9.59 Å². The number of carbonyl (C=O) groups excluding carboxylic acids is 2. The molecule has 0 bridgehead atoms. The lowest BCUT2D eigenvalue weighted by Crippen LogP contribution is -2.41. The molecule has 178 valence electrons. The molecule has 1 fully saturated rings. The van der Waals surface area contributed by atoms with Crippen molar-refractivity contribution in [1.82, 2.24) is 10.0 Å². The maximum atomic E-state index is 13.1. The van der Waals surface area contributed by atoms with Crippen LogP contribution in [0.2, 0.25) is 0 Å². The first-order chi connectivity index (χ1) is 15.5. The van der Waals surface area contributed by atoms with Crippen LogP contribution in [0.15, 0.2) is 47.4 Å². The summed E-state index contributed by atoms with van der Waals surface area (Å²) in [5, 5.41) is 5.64. The van der Waals surface area contributed by atoms with Gasteiger partial charge >= 0.3 is 0 Å². The SMILES string of the molecule is CC(=O)Nc1ccc(S(=O)(=O)N[C@H]2CC[C@H](C(=O)NC(C)c3ccc(F)cc3)CC2)cc1C. The Morgan fingerprint density at radius 3 is 2.24 bits per heavy atom. The lowest BCUT2D eigenvalue weighted by Gasteiger charge is -2.29. The van der Waals surface area contributed by atoms with Crippen LogP contribution >= 0.6 is 0 Å². The fourth-order valence-electron chi connectivity index (χ4n) is 4.06. The van der Waals surface area contributed by atoms with E-state index in [4.69, 9.17) is 0 Å². The van der Waals surface area contributed by atoms with E-state index < -0.39 is 10.0 Å². The second-order valence-electron chi connectivity index (χ2n) is 8.61. The molecular weight excluding hydrogens is 445 g/mol. The zero-order chi connectivity index (χ0) is 24.2. The van der Waals surface area contributed by atoms with Crippen LogP contribution in [0.5, 0.6) is 0 Å². The van der Waals surface area contributed by atoms with Gasteiger partial charge in [-0.25, -0.2) is 17.5 Å². The zero-order valence-electron chi connectivity index (χ0n) is 19.0. The molecule has 2 amide bonds. The summed E-state index contributed by atoms with van der Waals surface area (Å²) in [5.74, 6) is -0.804. The number of hydrogen-bond acceptors (Lipinski definition) is 4. The van der Waals surface area contributed by atoms with Crippen LogP contribution in [0.25, 0.3) is 0 Å². The number of anilines is 1. The average Bonchev–Trinajstić information content (AvgIpc) is 2.75. The van der Waals surface area contributed by atoms with Crippen LogP contribution in [-0.2, 0) is 19.6 Å². The van der Waals surface area contributed by atoms with E-state index in [2.05, 4.69) is 15.4 Å². The minimum absolute atomic E-state index is 0.0719. The van der Waals surface area contributed by atoms with Crippen molar-refractivity contribution in [3.8, 4) is 0 Å². The van der Waals surface area contributed by atoms with Crippen LogP contribution in [0.1, 0.15) is 56.7 Å². The lowest BCUT2D eigenvalue weighted by atomic mass is 9.85. The molecule has 0 spiro atoms. The van der Waals surface area contributed by atoms with Crippen LogP contribution in [0.3, 0.4) is 0 Å². The maximum absolute atomic E-state index is 13.1. The molecule has 1 saturated carbocycles. The largest absolute Gasteiger partial charge is 0.349 e. The number of aryl methyl sites for hydroxylation is 1. The molecule has 33 heavy (non-hydrogen) atoms. The standard InChI is InChI=1S/C24H30FN3O4S/c1-15-14-22(12-13-23(15)27-17(3)29)33(31,32)28-21-10-6-19(7-11-21)24(30)26-16(2)18-4-8-20(25)9-5-18/h4-5,8-9,12-14,16,19,21,28H,6-7,10-11H2,1-3H3,(H,26,30)(H,27,29)/t16?,19-,21-. The average molecular weight is 476 g/mol. The zero-order valence-corrected chi connectivity index (χ0v) is 19.8. The van der Waals surface area contributed by atoms with Gasteiger partial charge in [-0.15, -0.1) is 0 Å². The summed E-state index contributed by atoms with van der Waals surface area (Å²) in [6.07, 6.45) is 2.28. The first kappa shape index (κ1) is 24.9. The van der Waals surface area contributed by atoms with E-state index in [0.717, 1.165) is 5.56 Å². The minimum atomic E-state index is -3.72. The summed E-state index contributed by atoms with van der Waals surface area (Å²) in [4.78, 5) is 24.0. The Hall–Kier alpha value is -2.78. The lowest BCUT2D eigenvalue weighted by molar-refractivity contribution is -0.126. The van der Waals surface area contributed by atoms with E-state index in [1.807, 2.05) is 6.92 Å². The highest BCUT2D eigenvalue weighted by Gasteiger charge is 2.30. The second kappa shape index (κ2) is 10.4. The summed E-state index contributed by atoms with van der Waals surface area (Å²) in [7, 11) is -3.72. The molecule has 7 nitrogen and oxygen atoms in total. The molecule has 1 aliphatic carbocycles. The van der Waals surface area contributed by atoms with Gasteiger partial charge in [-0.05, 0) is 81.0 Å². The molecule has 3 N–H and O–H groups in total. The fourth-order valence-corrected chi connectivity index (χ4v) is 5.45. The maximum Gasteiger partial charge on any atom is 0.240 e. The Morgan fingerprint density at radius 1 is 1.03 bits per heavy atom. The highest BCUT2D eigenvalue weighted by molar-refractivity contribution is 7.89. The Labute approximate surface area is 194 Å². The first-order valence-corrected chi connectivity index (χ1v) is 12.5. The third-order valence-corrected chi connectivity index (χ3v) is 7.49. The summed E-state index contributed by atoms with van der Waals surface area (Å²) in [6, 6.07) is 10.1. The number of rotatable bonds is 7. The van der Waals surface area contributed by atoms with Crippen molar-refractivity contribution in [3.05, 3.63) is 59.4 Å². The quantitative estimate of drug-likeness (QED) is 0.566.